The molecule has 0 aliphatic heterocycles. The average molecular weight is 275 g/mol. The third-order valence-corrected chi connectivity index (χ3v) is 3.10. The molecule has 4 heteroatoms. The van der Waals surface area contributed by atoms with E-state index >= 15 is 0 Å². The van der Waals surface area contributed by atoms with E-state index in [9.17, 15) is 13.6 Å². The first-order chi connectivity index (χ1) is 9.58. The standard InChI is InChI=1S/C16H15F2NO/c1-19(15-8-3-2-7-14(15)18)16(20)10-9-12-5-4-6-13(17)11-12/h2-8,11H,9-10H2,1H3. The zero-order valence-corrected chi connectivity index (χ0v) is 11.1. The van der Waals surface area contributed by atoms with Gasteiger partial charge in [-0.1, -0.05) is 24.3 Å². The maximum atomic E-state index is 13.6. The van der Waals surface area contributed by atoms with Crippen molar-refractivity contribution < 1.29 is 13.6 Å². The van der Waals surface area contributed by atoms with Crippen molar-refractivity contribution in [3.05, 3.63) is 65.7 Å². The molecule has 0 aliphatic rings. The summed E-state index contributed by atoms with van der Waals surface area (Å²) >= 11 is 0. The molecular weight excluding hydrogens is 260 g/mol. The lowest BCUT2D eigenvalue weighted by molar-refractivity contribution is -0.118. The molecule has 0 radical (unpaired) electrons. The van der Waals surface area contributed by atoms with Crippen LogP contribution in [0, 0.1) is 11.6 Å². The molecule has 0 aromatic heterocycles. The Balaban J connectivity index is 2.00. The van der Waals surface area contributed by atoms with Gasteiger partial charge in [-0.25, -0.2) is 8.78 Å². The topological polar surface area (TPSA) is 20.3 Å². The van der Waals surface area contributed by atoms with Gasteiger partial charge in [-0.3, -0.25) is 4.79 Å². The summed E-state index contributed by atoms with van der Waals surface area (Å²) < 4.78 is 26.6. The van der Waals surface area contributed by atoms with Gasteiger partial charge in [0.1, 0.15) is 11.6 Å². The first-order valence-electron chi connectivity index (χ1n) is 6.33. The highest BCUT2D eigenvalue weighted by atomic mass is 19.1. The van der Waals surface area contributed by atoms with E-state index in [-0.39, 0.29) is 23.8 Å². The summed E-state index contributed by atoms with van der Waals surface area (Å²) in [5.41, 5.74) is 0.997. The predicted molar refractivity (Wildman–Crippen MR) is 74.5 cm³/mol. The van der Waals surface area contributed by atoms with Crippen LogP contribution >= 0.6 is 0 Å². The Kier molecular flexibility index (Phi) is 4.45. The van der Waals surface area contributed by atoms with Crippen LogP contribution in [-0.2, 0) is 11.2 Å². The van der Waals surface area contributed by atoms with Gasteiger partial charge >= 0.3 is 0 Å². The first-order valence-corrected chi connectivity index (χ1v) is 6.33. The van der Waals surface area contributed by atoms with Crippen molar-refractivity contribution in [3.63, 3.8) is 0 Å². The smallest absolute Gasteiger partial charge is 0.227 e. The second kappa shape index (κ2) is 6.28. The van der Waals surface area contributed by atoms with Gasteiger partial charge in [0.05, 0.1) is 5.69 Å². The van der Waals surface area contributed by atoms with Crippen LogP contribution in [0.25, 0.3) is 0 Å². The van der Waals surface area contributed by atoms with Crippen molar-refractivity contribution in [1.82, 2.24) is 0 Å². The Morgan fingerprint density at radius 1 is 1.10 bits per heavy atom. The molecule has 0 aliphatic carbocycles. The second-order valence-corrected chi connectivity index (χ2v) is 4.53. The molecule has 1 amide bonds. The minimum absolute atomic E-state index is 0.203. The molecule has 0 saturated carbocycles. The molecule has 0 N–H and O–H groups in total. The van der Waals surface area contributed by atoms with Crippen LogP contribution in [0.1, 0.15) is 12.0 Å². The molecular formula is C16H15F2NO. The molecule has 0 bridgehead atoms. The van der Waals surface area contributed by atoms with Crippen molar-refractivity contribution in [1.29, 1.82) is 0 Å². The van der Waals surface area contributed by atoms with Crippen molar-refractivity contribution in [2.24, 2.45) is 0 Å². The monoisotopic (exact) mass is 275 g/mol. The van der Waals surface area contributed by atoms with E-state index in [2.05, 4.69) is 0 Å². The molecule has 2 rings (SSSR count). The van der Waals surface area contributed by atoms with E-state index in [4.69, 9.17) is 0 Å². The third-order valence-electron chi connectivity index (χ3n) is 3.10. The van der Waals surface area contributed by atoms with E-state index in [0.29, 0.717) is 6.42 Å². The molecule has 0 unspecified atom stereocenters. The van der Waals surface area contributed by atoms with Crippen molar-refractivity contribution >= 4 is 11.6 Å². The van der Waals surface area contributed by atoms with Gasteiger partial charge in [0.2, 0.25) is 5.91 Å². The highest BCUT2D eigenvalue weighted by molar-refractivity contribution is 5.93. The number of nitrogens with zero attached hydrogens (tertiary/aromatic N) is 1. The predicted octanol–water partition coefficient (Wildman–Crippen LogP) is 3.56. The Labute approximate surface area is 116 Å². The lowest BCUT2D eigenvalue weighted by atomic mass is 10.1. The van der Waals surface area contributed by atoms with Gasteiger partial charge in [-0.15, -0.1) is 0 Å². The number of carbonyl (C=O) groups is 1. The van der Waals surface area contributed by atoms with Crippen LogP contribution in [0.15, 0.2) is 48.5 Å². The Hall–Kier alpha value is -2.23. The highest BCUT2D eigenvalue weighted by Gasteiger charge is 2.14. The van der Waals surface area contributed by atoms with E-state index in [1.165, 1.54) is 30.1 Å². The van der Waals surface area contributed by atoms with Crippen molar-refractivity contribution in [2.75, 3.05) is 11.9 Å². The van der Waals surface area contributed by atoms with Gasteiger partial charge in [-0.05, 0) is 36.2 Å². The number of halogens is 2. The van der Waals surface area contributed by atoms with Crippen LogP contribution in [0.5, 0.6) is 0 Å². The zero-order valence-electron chi connectivity index (χ0n) is 11.1. The fraction of sp³-hybridized carbons (Fsp3) is 0.188. The lowest BCUT2D eigenvalue weighted by Gasteiger charge is -2.17. The van der Waals surface area contributed by atoms with E-state index < -0.39 is 5.82 Å². The number of hydrogen-bond acceptors (Lipinski definition) is 1. The number of hydrogen-bond donors (Lipinski definition) is 0. The van der Waals surface area contributed by atoms with Gasteiger partial charge in [-0.2, -0.15) is 0 Å². The summed E-state index contributed by atoms with van der Waals surface area (Å²) in [6.45, 7) is 0. The Morgan fingerprint density at radius 3 is 2.55 bits per heavy atom. The van der Waals surface area contributed by atoms with E-state index in [0.717, 1.165) is 5.56 Å². The normalized spacial score (nSPS) is 10.3. The van der Waals surface area contributed by atoms with Gasteiger partial charge in [0, 0.05) is 13.5 Å². The summed E-state index contributed by atoms with van der Waals surface area (Å²) in [5, 5.41) is 0. The average Bonchev–Trinajstić information content (AvgIpc) is 2.44. The molecule has 0 spiro atoms. The minimum Gasteiger partial charge on any atom is -0.313 e. The number of aryl methyl sites for hydroxylation is 1. The summed E-state index contributed by atoms with van der Waals surface area (Å²) in [6, 6.07) is 12.2. The molecule has 2 aromatic rings. The lowest BCUT2D eigenvalue weighted by Crippen LogP contribution is -2.27. The van der Waals surface area contributed by atoms with Crippen molar-refractivity contribution in [3.8, 4) is 0 Å². The third kappa shape index (κ3) is 3.41. The molecule has 2 nitrogen and oxygen atoms in total. The Bertz CT molecular complexity index is 613. The summed E-state index contributed by atoms with van der Waals surface area (Å²) in [6.07, 6.45) is 0.629. The first kappa shape index (κ1) is 14.2. The van der Waals surface area contributed by atoms with Crippen LogP contribution in [-0.4, -0.2) is 13.0 Å². The zero-order chi connectivity index (χ0) is 14.5. The number of benzene rings is 2. The molecule has 0 saturated heterocycles. The fourth-order valence-electron chi connectivity index (χ4n) is 1.97. The van der Waals surface area contributed by atoms with E-state index in [1.807, 2.05) is 0 Å². The van der Waals surface area contributed by atoms with Crippen LogP contribution in [0.2, 0.25) is 0 Å². The number of carbonyl (C=O) groups excluding carboxylic acids is 1. The summed E-state index contributed by atoms with van der Waals surface area (Å²) in [5.74, 6) is -0.967. The Morgan fingerprint density at radius 2 is 1.85 bits per heavy atom. The molecule has 20 heavy (non-hydrogen) atoms. The number of para-hydroxylation sites is 1. The van der Waals surface area contributed by atoms with Crippen LogP contribution in [0.4, 0.5) is 14.5 Å². The van der Waals surface area contributed by atoms with E-state index in [1.54, 1.807) is 30.3 Å². The van der Waals surface area contributed by atoms with Gasteiger partial charge < -0.3 is 4.90 Å². The minimum atomic E-state index is -0.436. The van der Waals surface area contributed by atoms with Crippen LogP contribution in [0.3, 0.4) is 0 Å². The molecule has 2 aromatic carbocycles. The highest BCUT2D eigenvalue weighted by Crippen LogP contribution is 2.18. The second-order valence-electron chi connectivity index (χ2n) is 4.53. The molecule has 0 atom stereocenters. The maximum Gasteiger partial charge on any atom is 0.227 e. The van der Waals surface area contributed by atoms with Crippen molar-refractivity contribution in [2.45, 2.75) is 12.8 Å². The SMILES string of the molecule is CN(C(=O)CCc1cccc(F)c1)c1ccccc1F. The maximum absolute atomic E-state index is 13.6. The van der Waals surface area contributed by atoms with Gasteiger partial charge in [0.25, 0.3) is 0 Å². The summed E-state index contributed by atoms with van der Waals surface area (Å²) in [4.78, 5) is 13.3. The molecule has 104 valence electrons. The largest absolute Gasteiger partial charge is 0.313 e. The quantitative estimate of drug-likeness (QED) is 0.835. The number of amides is 1. The fourth-order valence-corrected chi connectivity index (χ4v) is 1.97. The van der Waals surface area contributed by atoms with Crippen LogP contribution < -0.4 is 4.90 Å². The summed E-state index contributed by atoms with van der Waals surface area (Å²) in [7, 11) is 1.53. The van der Waals surface area contributed by atoms with Gasteiger partial charge in [0.15, 0.2) is 0 Å². The molecule has 0 fully saturated rings. The number of anilines is 1. The number of rotatable bonds is 4. The molecule has 0 heterocycles.